The van der Waals surface area contributed by atoms with Gasteiger partial charge in [0, 0.05) is 44.3 Å². The smallest absolute Gasteiger partial charge is 0.286 e. The lowest BCUT2D eigenvalue weighted by atomic mass is 10.2. The molecule has 7 heteroatoms. The molecular weight excluding hydrogens is 368 g/mol. The third-order valence-corrected chi connectivity index (χ3v) is 5.33. The van der Waals surface area contributed by atoms with Gasteiger partial charge < -0.3 is 9.80 Å². The zero-order valence-electron chi connectivity index (χ0n) is 14.1. The number of rotatable bonds is 2. The van der Waals surface area contributed by atoms with Gasteiger partial charge in [-0.05, 0) is 47.7 Å². The molecule has 0 saturated carbocycles. The number of benzene rings is 1. The first kappa shape index (κ1) is 18.5. The van der Waals surface area contributed by atoms with E-state index in [1.807, 2.05) is 24.3 Å². The van der Waals surface area contributed by atoms with E-state index in [1.165, 1.54) is 17.4 Å². The van der Waals surface area contributed by atoms with Gasteiger partial charge >= 0.3 is 0 Å². The van der Waals surface area contributed by atoms with Gasteiger partial charge in [0.2, 0.25) is 0 Å². The molecule has 1 fully saturated rings. The maximum atomic E-state index is 12.2. The lowest BCUT2D eigenvalue weighted by Gasteiger charge is -2.36. The number of hydrogen-bond donors (Lipinski definition) is 0. The van der Waals surface area contributed by atoms with Gasteiger partial charge in [-0.2, -0.15) is 4.99 Å². The van der Waals surface area contributed by atoms with Crippen molar-refractivity contribution in [3.05, 3.63) is 65.3 Å². The van der Waals surface area contributed by atoms with E-state index >= 15 is 0 Å². The lowest BCUT2D eigenvalue weighted by molar-refractivity contribution is -0.113. The Morgan fingerprint density at radius 2 is 1.58 bits per heavy atom. The van der Waals surface area contributed by atoms with E-state index in [4.69, 9.17) is 0 Å². The number of amidine groups is 1. The number of carbonyl (C=O) groups is 1. The Balaban J connectivity index is 0.00000196. The summed E-state index contributed by atoms with van der Waals surface area (Å²) in [5.41, 5.74) is 2.22. The third-order valence-electron chi connectivity index (χ3n) is 4.28. The molecule has 1 aromatic heterocycles. The number of amides is 1. The van der Waals surface area contributed by atoms with Crippen molar-refractivity contribution >= 4 is 47.0 Å². The molecule has 4 rings (SSSR count). The van der Waals surface area contributed by atoms with Crippen molar-refractivity contribution in [1.29, 1.82) is 0 Å². The Hall–Kier alpha value is -2.31. The predicted molar refractivity (Wildman–Crippen MR) is 110 cm³/mol. The van der Waals surface area contributed by atoms with E-state index < -0.39 is 0 Å². The van der Waals surface area contributed by atoms with Crippen LogP contribution in [0.15, 0.2) is 64.8 Å². The van der Waals surface area contributed by atoms with Crippen LogP contribution in [0, 0.1) is 0 Å². The van der Waals surface area contributed by atoms with Crippen molar-refractivity contribution in [2.24, 2.45) is 4.99 Å². The molecule has 0 bridgehead atoms. The van der Waals surface area contributed by atoms with Crippen LogP contribution in [-0.2, 0) is 4.79 Å². The van der Waals surface area contributed by atoms with E-state index in [0.29, 0.717) is 4.91 Å². The summed E-state index contributed by atoms with van der Waals surface area (Å²) in [7, 11) is 0. The molecule has 0 atom stereocenters. The number of para-hydroxylation sites is 1. The molecule has 0 unspecified atom stereocenters. The van der Waals surface area contributed by atoms with Gasteiger partial charge in [0.25, 0.3) is 5.91 Å². The highest BCUT2D eigenvalue weighted by Gasteiger charge is 2.28. The highest BCUT2D eigenvalue weighted by molar-refractivity contribution is 8.18. The van der Waals surface area contributed by atoms with Crippen molar-refractivity contribution in [3.63, 3.8) is 0 Å². The monoisotopic (exact) mass is 386 g/mol. The van der Waals surface area contributed by atoms with Gasteiger partial charge in [0.15, 0.2) is 5.17 Å². The Kier molecular flexibility index (Phi) is 5.96. The van der Waals surface area contributed by atoms with Crippen molar-refractivity contribution < 1.29 is 4.79 Å². The Morgan fingerprint density at radius 1 is 0.923 bits per heavy atom. The summed E-state index contributed by atoms with van der Waals surface area (Å²) in [6.07, 6.45) is 5.33. The topological polar surface area (TPSA) is 48.8 Å². The molecule has 2 aromatic rings. The van der Waals surface area contributed by atoms with Gasteiger partial charge in [0.05, 0.1) is 4.91 Å². The van der Waals surface area contributed by atoms with E-state index in [0.717, 1.165) is 36.9 Å². The minimum absolute atomic E-state index is 0. The average Bonchev–Trinajstić information content (AvgIpc) is 3.04. The summed E-state index contributed by atoms with van der Waals surface area (Å²) in [5, 5.41) is 0.818. The summed E-state index contributed by atoms with van der Waals surface area (Å²) in [6, 6.07) is 14.2. The molecule has 2 aliphatic rings. The molecule has 0 spiro atoms. The number of thioether (sulfide) groups is 1. The molecule has 5 nitrogen and oxygen atoms in total. The lowest BCUT2D eigenvalue weighted by Crippen LogP contribution is -2.47. The van der Waals surface area contributed by atoms with Gasteiger partial charge in [-0.25, -0.2) is 0 Å². The summed E-state index contributed by atoms with van der Waals surface area (Å²) < 4.78 is 0. The fourth-order valence-corrected chi connectivity index (χ4v) is 3.90. The van der Waals surface area contributed by atoms with Crippen LogP contribution in [0.3, 0.4) is 0 Å². The summed E-state index contributed by atoms with van der Waals surface area (Å²) in [5.74, 6) is -0.151. The molecule has 2 aliphatic heterocycles. The minimum Gasteiger partial charge on any atom is -0.368 e. The average molecular weight is 387 g/mol. The summed E-state index contributed by atoms with van der Waals surface area (Å²) >= 11 is 1.47. The van der Waals surface area contributed by atoms with Gasteiger partial charge in [-0.1, -0.05) is 18.2 Å². The Bertz CT molecular complexity index is 818. The van der Waals surface area contributed by atoms with Crippen molar-refractivity contribution in [3.8, 4) is 0 Å². The van der Waals surface area contributed by atoms with Crippen LogP contribution in [-0.4, -0.2) is 47.1 Å². The van der Waals surface area contributed by atoms with Crippen molar-refractivity contribution in [2.75, 3.05) is 31.1 Å². The van der Waals surface area contributed by atoms with Crippen LogP contribution in [0.25, 0.3) is 6.08 Å². The quantitative estimate of drug-likeness (QED) is 0.741. The fraction of sp³-hybridized carbons (Fsp3) is 0.211. The van der Waals surface area contributed by atoms with Gasteiger partial charge in [0.1, 0.15) is 0 Å². The van der Waals surface area contributed by atoms with Gasteiger partial charge in [-0.15, -0.1) is 12.4 Å². The number of piperazine rings is 1. The number of pyridine rings is 1. The maximum Gasteiger partial charge on any atom is 0.286 e. The largest absolute Gasteiger partial charge is 0.368 e. The zero-order chi connectivity index (χ0) is 17.1. The van der Waals surface area contributed by atoms with E-state index in [1.54, 1.807) is 12.4 Å². The highest BCUT2D eigenvalue weighted by Crippen LogP contribution is 2.30. The second-order valence-electron chi connectivity index (χ2n) is 5.90. The molecule has 1 saturated heterocycles. The predicted octanol–water partition coefficient (Wildman–Crippen LogP) is 3.30. The van der Waals surface area contributed by atoms with Gasteiger partial charge in [-0.3, -0.25) is 9.78 Å². The normalized spacial score (nSPS) is 18.7. The number of halogens is 1. The summed E-state index contributed by atoms with van der Waals surface area (Å²) in [6.45, 7) is 3.61. The second-order valence-corrected chi connectivity index (χ2v) is 6.91. The number of aromatic nitrogens is 1. The highest BCUT2D eigenvalue weighted by atomic mass is 35.5. The number of anilines is 1. The van der Waals surface area contributed by atoms with Crippen LogP contribution in [0.4, 0.5) is 5.69 Å². The maximum absolute atomic E-state index is 12.2. The first-order valence-corrected chi connectivity index (χ1v) is 9.09. The third kappa shape index (κ3) is 4.08. The van der Waals surface area contributed by atoms with Crippen LogP contribution in [0.1, 0.15) is 5.56 Å². The number of nitrogens with zero attached hydrogens (tertiary/aromatic N) is 4. The number of hydrogen-bond acceptors (Lipinski definition) is 5. The zero-order valence-corrected chi connectivity index (χ0v) is 15.7. The molecule has 0 radical (unpaired) electrons. The molecule has 3 heterocycles. The van der Waals surface area contributed by atoms with E-state index in [2.05, 4.69) is 44.0 Å². The van der Waals surface area contributed by atoms with Crippen molar-refractivity contribution in [2.45, 2.75) is 0 Å². The van der Waals surface area contributed by atoms with Crippen LogP contribution in [0.5, 0.6) is 0 Å². The molecule has 26 heavy (non-hydrogen) atoms. The summed E-state index contributed by atoms with van der Waals surface area (Å²) in [4.78, 5) is 25.7. The van der Waals surface area contributed by atoms with Crippen molar-refractivity contribution in [1.82, 2.24) is 9.88 Å². The molecule has 0 N–H and O–H groups in total. The number of carbonyl (C=O) groups excluding carboxylic acids is 1. The van der Waals surface area contributed by atoms with E-state index in [9.17, 15) is 4.79 Å². The fourth-order valence-electron chi connectivity index (χ4n) is 2.94. The first-order chi connectivity index (χ1) is 12.3. The molecule has 1 amide bonds. The Morgan fingerprint density at radius 3 is 2.27 bits per heavy atom. The standard InChI is InChI=1S/C19H18N4OS.ClH/c24-18-17(14-15-6-8-20-9-7-15)25-19(21-18)23-12-10-22(11-13-23)16-4-2-1-3-5-16;/h1-9,14H,10-13H2;1H/b17-14-;. The molecule has 134 valence electrons. The van der Waals surface area contributed by atoms with E-state index in [-0.39, 0.29) is 18.3 Å². The van der Waals surface area contributed by atoms with Crippen LogP contribution < -0.4 is 4.90 Å². The molecule has 0 aliphatic carbocycles. The second kappa shape index (κ2) is 8.38. The first-order valence-electron chi connectivity index (χ1n) is 8.27. The Labute approximate surface area is 163 Å². The SMILES string of the molecule is Cl.O=C1N=C(N2CCN(c3ccccc3)CC2)S/C1=C\c1ccncc1. The molecular formula is C19H19ClN4OS. The van der Waals surface area contributed by atoms with Crippen LogP contribution >= 0.6 is 24.2 Å². The molecule has 1 aromatic carbocycles. The number of aliphatic imine (C=N–C) groups is 1. The van der Waals surface area contributed by atoms with Crippen LogP contribution in [0.2, 0.25) is 0 Å². The minimum atomic E-state index is -0.151.